The molecule has 0 aromatic heterocycles. The number of urea groups is 1. The molecule has 8 heteroatoms. The lowest BCUT2D eigenvalue weighted by atomic mass is 10.1. The van der Waals surface area contributed by atoms with Crippen molar-refractivity contribution in [2.45, 2.75) is 12.8 Å². The van der Waals surface area contributed by atoms with E-state index in [0.717, 1.165) is 30.8 Å². The average molecular weight is 408 g/mol. The Morgan fingerprint density at radius 3 is 2.53 bits per heavy atom. The first-order chi connectivity index (χ1) is 14.5. The van der Waals surface area contributed by atoms with Gasteiger partial charge < -0.3 is 15.5 Å². The summed E-state index contributed by atoms with van der Waals surface area (Å²) in [5.74, 6) is -1.50. The predicted octanol–water partition coefficient (Wildman–Crippen LogP) is 2.96. The highest BCUT2D eigenvalue weighted by Gasteiger charge is 2.35. The number of hydrogen-bond donors (Lipinski definition) is 2. The van der Waals surface area contributed by atoms with Crippen LogP contribution < -0.4 is 15.5 Å². The highest BCUT2D eigenvalue weighted by molar-refractivity contribution is 6.15. The molecule has 0 bridgehead atoms. The molecule has 2 aliphatic heterocycles. The summed E-state index contributed by atoms with van der Waals surface area (Å²) in [4.78, 5) is 39.7. The largest absolute Gasteiger partial charge is 0.369 e. The Morgan fingerprint density at radius 2 is 1.83 bits per heavy atom. The molecule has 2 aromatic carbocycles. The highest BCUT2D eigenvalue weighted by Crippen LogP contribution is 2.25. The first-order valence-corrected chi connectivity index (χ1v) is 9.75. The van der Waals surface area contributed by atoms with E-state index in [1.807, 2.05) is 11.0 Å². The van der Waals surface area contributed by atoms with Crippen LogP contribution in [-0.4, -0.2) is 42.4 Å². The van der Waals surface area contributed by atoms with Gasteiger partial charge >= 0.3 is 6.03 Å². The maximum absolute atomic E-state index is 14.5. The number of halogens is 1. The Labute approximate surface area is 173 Å². The van der Waals surface area contributed by atoms with Crippen LogP contribution in [0.2, 0.25) is 0 Å². The van der Waals surface area contributed by atoms with Gasteiger partial charge in [-0.05, 0) is 48.7 Å². The lowest BCUT2D eigenvalue weighted by molar-refractivity contribution is -0.127. The molecule has 0 saturated carbocycles. The van der Waals surface area contributed by atoms with Crippen molar-refractivity contribution in [2.75, 3.05) is 29.9 Å². The van der Waals surface area contributed by atoms with Crippen LogP contribution in [0.4, 0.5) is 20.6 Å². The summed E-state index contributed by atoms with van der Waals surface area (Å²) in [7, 11) is 0. The van der Waals surface area contributed by atoms with Crippen molar-refractivity contribution in [1.29, 1.82) is 0 Å². The predicted molar refractivity (Wildman–Crippen MR) is 111 cm³/mol. The Bertz CT molecular complexity index is 1020. The van der Waals surface area contributed by atoms with E-state index < -0.39 is 24.4 Å². The van der Waals surface area contributed by atoms with Crippen LogP contribution >= 0.6 is 0 Å². The van der Waals surface area contributed by atoms with Crippen molar-refractivity contribution in [2.24, 2.45) is 0 Å². The van der Waals surface area contributed by atoms with Gasteiger partial charge in [-0.25, -0.2) is 14.1 Å². The summed E-state index contributed by atoms with van der Waals surface area (Å²) in [5, 5.41) is 5.07. The number of benzene rings is 2. The van der Waals surface area contributed by atoms with Crippen molar-refractivity contribution in [3.8, 4) is 0 Å². The smallest absolute Gasteiger partial charge is 0.329 e. The molecule has 2 heterocycles. The van der Waals surface area contributed by atoms with Crippen LogP contribution in [0.15, 0.2) is 54.2 Å². The summed E-state index contributed by atoms with van der Waals surface area (Å²) in [6.07, 6.45) is 3.49. The average Bonchev–Trinajstić information content (AvgIpc) is 3.34. The second-order valence-corrected chi connectivity index (χ2v) is 7.20. The van der Waals surface area contributed by atoms with Gasteiger partial charge in [0.15, 0.2) is 0 Å². The maximum atomic E-state index is 14.5. The second-order valence-electron chi connectivity index (χ2n) is 7.20. The number of carbonyl (C=O) groups is 3. The minimum Gasteiger partial charge on any atom is -0.369 e. The SMILES string of the molecule is O=C(CN1C(=O)N/C(=C\c2ccc(N3CCCC3)c(F)c2)C1=O)Nc1ccccc1. The van der Waals surface area contributed by atoms with Gasteiger partial charge in [0.2, 0.25) is 5.91 Å². The third-order valence-electron chi connectivity index (χ3n) is 5.05. The zero-order chi connectivity index (χ0) is 21.1. The Hall–Kier alpha value is -3.68. The summed E-state index contributed by atoms with van der Waals surface area (Å²) in [6.45, 7) is 1.23. The second kappa shape index (κ2) is 8.36. The number of hydrogen-bond acceptors (Lipinski definition) is 4. The zero-order valence-corrected chi connectivity index (χ0v) is 16.2. The lowest BCUT2D eigenvalue weighted by Gasteiger charge is -2.18. The molecule has 7 nitrogen and oxygen atoms in total. The molecule has 2 saturated heterocycles. The minimum atomic E-state index is -0.691. The molecule has 4 rings (SSSR count). The van der Waals surface area contributed by atoms with Crippen molar-refractivity contribution < 1.29 is 18.8 Å². The van der Waals surface area contributed by atoms with E-state index in [1.165, 1.54) is 12.1 Å². The van der Waals surface area contributed by atoms with Gasteiger partial charge in [0.1, 0.15) is 18.1 Å². The third-order valence-corrected chi connectivity index (χ3v) is 5.05. The molecule has 0 atom stereocenters. The summed E-state index contributed by atoms with van der Waals surface area (Å²) in [5.41, 5.74) is 1.56. The van der Waals surface area contributed by atoms with Gasteiger partial charge in [-0.3, -0.25) is 9.59 Å². The Kier molecular flexibility index (Phi) is 5.47. The number of para-hydroxylation sites is 1. The number of carbonyl (C=O) groups excluding carboxylic acids is 3. The van der Waals surface area contributed by atoms with Crippen LogP contribution in [0, 0.1) is 5.82 Å². The lowest BCUT2D eigenvalue weighted by Crippen LogP contribution is -2.38. The maximum Gasteiger partial charge on any atom is 0.329 e. The zero-order valence-electron chi connectivity index (χ0n) is 16.2. The van der Waals surface area contributed by atoms with E-state index in [0.29, 0.717) is 16.9 Å². The van der Waals surface area contributed by atoms with Gasteiger partial charge in [0.05, 0.1) is 5.69 Å². The third kappa shape index (κ3) is 4.17. The van der Waals surface area contributed by atoms with Gasteiger partial charge in [-0.15, -0.1) is 0 Å². The molecular weight excluding hydrogens is 387 g/mol. The van der Waals surface area contributed by atoms with E-state index >= 15 is 0 Å². The van der Waals surface area contributed by atoms with E-state index in [2.05, 4.69) is 10.6 Å². The molecular formula is C22H21FN4O3. The molecule has 2 aliphatic rings. The van der Waals surface area contributed by atoms with Crippen LogP contribution in [0.25, 0.3) is 6.08 Å². The van der Waals surface area contributed by atoms with Gasteiger partial charge in [0, 0.05) is 18.8 Å². The molecule has 0 radical (unpaired) electrons. The number of imide groups is 1. The number of anilines is 2. The molecule has 0 unspecified atom stereocenters. The van der Waals surface area contributed by atoms with Crippen molar-refractivity contribution in [1.82, 2.24) is 10.2 Å². The number of rotatable bonds is 5. The quantitative estimate of drug-likeness (QED) is 0.589. The Morgan fingerprint density at radius 1 is 1.10 bits per heavy atom. The molecule has 154 valence electrons. The first kappa shape index (κ1) is 19.6. The van der Waals surface area contributed by atoms with Crippen molar-refractivity contribution >= 4 is 35.3 Å². The standard InChI is InChI=1S/C22H21FN4O3/c23-17-12-15(8-9-19(17)26-10-4-5-11-26)13-18-21(29)27(22(30)25-18)14-20(28)24-16-6-2-1-3-7-16/h1-3,6-9,12-13H,4-5,10-11,14H2,(H,24,28)(H,25,30)/b18-13-. The van der Waals surface area contributed by atoms with Crippen LogP contribution in [0.3, 0.4) is 0 Å². The van der Waals surface area contributed by atoms with Crippen LogP contribution in [-0.2, 0) is 9.59 Å². The molecule has 2 aromatic rings. The monoisotopic (exact) mass is 408 g/mol. The van der Waals surface area contributed by atoms with Gasteiger partial charge in [-0.1, -0.05) is 24.3 Å². The number of nitrogens with zero attached hydrogens (tertiary/aromatic N) is 2. The van der Waals surface area contributed by atoms with E-state index in [4.69, 9.17) is 0 Å². The molecule has 4 amide bonds. The number of amides is 4. The first-order valence-electron chi connectivity index (χ1n) is 9.75. The van der Waals surface area contributed by atoms with Crippen LogP contribution in [0.1, 0.15) is 18.4 Å². The fourth-order valence-electron chi connectivity index (χ4n) is 3.57. The number of nitrogens with one attached hydrogen (secondary N) is 2. The summed E-state index contributed by atoms with van der Waals surface area (Å²) in [6, 6.07) is 12.8. The molecule has 0 spiro atoms. The Balaban J connectivity index is 1.44. The summed E-state index contributed by atoms with van der Waals surface area (Å²) < 4.78 is 14.5. The van der Waals surface area contributed by atoms with Gasteiger partial charge in [-0.2, -0.15) is 0 Å². The van der Waals surface area contributed by atoms with Crippen molar-refractivity contribution in [3.63, 3.8) is 0 Å². The van der Waals surface area contributed by atoms with E-state index in [1.54, 1.807) is 36.4 Å². The fourth-order valence-corrected chi connectivity index (χ4v) is 3.57. The molecule has 30 heavy (non-hydrogen) atoms. The van der Waals surface area contributed by atoms with E-state index in [-0.39, 0.29) is 11.5 Å². The highest BCUT2D eigenvalue weighted by atomic mass is 19.1. The fraction of sp³-hybridized carbons (Fsp3) is 0.227. The minimum absolute atomic E-state index is 0.000772. The molecule has 2 fully saturated rings. The van der Waals surface area contributed by atoms with Crippen molar-refractivity contribution in [3.05, 3.63) is 65.6 Å². The van der Waals surface area contributed by atoms with E-state index in [9.17, 15) is 18.8 Å². The molecule has 2 N–H and O–H groups in total. The van der Waals surface area contributed by atoms with Crippen LogP contribution in [0.5, 0.6) is 0 Å². The molecule has 0 aliphatic carbocycles. The normalized spacial score (nSPS) is 17.6. The summed E-state index contributed by atoms with van der Waals surface area (Å²) >= 11 is 0. The topological polar surface area (TPSA) is 81.8 Å². The van der Waals surface area contributed by atoms with Gasteiger partial charge in [0.25, 0.3) is 5.91 Å².